The van der Waals surface area contributed by atoms with Gasteiger partial charge in [0.1, 0.15) is 6.04 Å². The van der Waals surface area contributed by atoms with E-state index in [0.29, 0.717) is 0 Å². The highest BCUT2D eigenvalue weighted by molar-refractivity contribution is 5.85. The number of nitrogens with one attached hydrogen (secondary N) is 1. The van der Waals surface area contributed by atoms with Gasteiger partial charge in [-0.2, -0.15) is 0 Å². The molecule has 1 aliphatic heterocycles. The van der Waals surface area contributed by atoms with Crippen LogP contribution in [0.3, 0.4) is 0 Å². The van der Waals surface area contributed by atoms with Crippen molar-refractivity contribution in [2.24, 2.45) is 5.41 Å². The van der Waals surface area contributed by atoms with Gasteiger partial charge in [0.25, 0.3) is 0 Å². The van der Waals surface area contributed by atoms with Gasteiger partial charge in [-0.3, -0.25) is 4.79 Å². The summed E-state index contributed by atoms with van der Waals surface area (Å²) in [6.07, 6.45) is 0.738. The van der Waals surface area contributed by atoms with Crippen LogP contribution in [0.5, 0.6) is 0 Å². The first kappa shape index (κ1) is 10.7. The summed E-state index contributed by atoms with van der Waals surface area (Å²) < 4.78 is 0. The minimum absolute atomic E-state index is 0. The van der Waals surface area contributed by atoms with E-state index in [9.17, 15) is 4.79 Å². The normalized spacial score (nSPS) is 27.6. The SMILES string of the molecule is CC1(C)CN[C@@H](C(=O)O)C1.Cl. The van der Waals surface area contributed by atoms with E-state index < -0.39 is 5.97 Å². The predicted molar refractivity (Wildman–Crippen MR) is 45.1 cm³/mol. The third kappa shape index (κ3) is 2.67. The van der Waals surface area contributed by atoms with E-state index in [0.717, 1.165) is 13.0 Å². The molecule has 1 aliphatic rings. The molecule has 0 aromatic heterocycles. The third-order valence-corrected chi connectivity index (χ3v) is 1.88. The maximum absolute atomic E-state index is 10.4. The van der Waals surface area contributed by atoms with Crippen LogP contribution in [0, 0.1) is 5.41 Å². The van der Waals surface area contributed by atoms with Gasteiger partial charge in [0.2, 0.25) is 0 Å². The van der Waals surface area contributed by atoms with E-state index in [-0.39, 0.29) is 23.9 Å². The van der Waals surface area contributed by atoms with E-state index >= 15 is 0 Å². The van der Waals surface area contributed by atoms with Crippen LogP contribution in [-0.4, -0.2) is 23.7 Å². The first-order valence-electron chi connectivity index (χ1n) is 3.47. The van der Waals surface area contributed by atoms with Crippen LogP contribution < -0.4 is 5.32 Å². The van der Waals surface area contributed by atoms with Crippen molar-refractivity contribution in [1.82, 2.24) is 5.32 Å². The summed E-state index contributed by atoms with van der Waals surface area (Å²) in [6.45, 7) is 4.95. The highest BCUT2D eigenvalue weighted by atomic mass is 35.5. The molecular weight excluding hydrogens is 166 g/mol. The highest BCUT2D eigenvalue weighted by Crippen LogP contribution is 2.26. The van der Waals surface area contributed by atoms with E-state index in [1.165, 1.54) is 0 Å². The summed E-state index contributed by atoms with van der Waals surface area (Å²) in [7, 11) is 0. The Morgan fingerprint density at radius 1 is 1.64 bits per heavy atom. The second kappa shape index (κ2) is 3.41. The number of halogens is 1. The van der Waals surface area contributed by atoms with Gasteiger partial charge in [-0.25, -0.2) is 0 Å². The fraction of sp³-hybridized carbons (Fsp3) is 0.857. The van der Waals surface area contributed by atoms with Gasteiger partial charge in [-0.05, 0) is 11.8 Å². The molecule has 0 aromatic rings. The topological polar surface area (TPSA) is 49.3 Å². The molecule has 2 N–H and O–H groups in total. The molecule has 66 valence electrons. The molecule has 0 spiro atoms. The summed E-state index contributed by atoms with van der Waals surface area (Å²) in [5.41, 5.74) is 0.156. The van der Waals surface area contributed by atoms with Gasteiger partial charge in [-0.1, -0.05) is 13.8 Å². The molecule has 1 fully saturated rings. The Morgan fingerprint density at radius 3 is 2.36 bits per heavy atom. The maximum Gasteiger partial charge on any atom is 0.320 e. The van der Waals surface area contributed by atoms with Crippen molar-refractivity contribution >= 4 is 18.4 Å². The van der Waals surface area contributed by atoms with E-state index in [1.54, 1.807) is 0 Å². The van der Waals surface area contributed by atoms with Crippen LogP contribution in [0.1, 0.15) is 20.3 Å². The molecule has 0 bridgehead atoms. The fourth-order valence-electron chi connectivity index (χ4n) is 1.27. The lowest BCUT2D eigenvalue weighted by Gasteiger charge is -2.13. The van der Waals surface area contributed by atoms with Crippen LogP contribution in [0.4, 0.5) is 0 Å². The molecule has 0 amide bonds. The van der Waals surface area contributed by atoms with Gasteiger partial charge in [0.05, 0.1) is 0 Å². The number of rotatable bonds is 1. The summed E-state index contributed by atoms with van der Waals surface area (Å²) in [4.78, 5) is 10.4. The van der Waals surface area contributed by atoms with Crippen LogP contribution >= 0.6 is 12.4 Å². The largest absolute Gasteiger partial charge is 0.480 e. The summed E-state index contributed by atoms with van der Waals surface area (Å²) in [5, 5.41) is 11.5. The number of carboxylic acids is 1. The van der Waals surface area contributed by atoms with E-state index in [2.05, 4.69) is 19.2 Å². The van der Waals surface area contributed by atoms with Crippen LogP contribution in [0.25, 0.3) is 0 Å². The first-order valence-corrected chi connectivity index (χ1v) is 3.47. The lowest BCUT2D eigenvalue weighted by Crippen LogP contribution is -2.29. The zero-order valence-electron chi connectivity index (χ0n) is 6.76. The molecule has 0 radical (unpaired) electrons. The van der Waals surface area contributed by atoms with Gasteiger partial charge in [-0.15, -0.1) is 12.4 Å². The number of carboxylic acid groups (broad SMARTS) is 1. The van der Waals surface area contributed by atoms with Crippen molar-refractivity contribution in [1.29, 1.82) is 0 Å². The highest BCUT2D eigenvalue weighted by Gasteiger charge is 2.34. The summed E-state index contributed by atoms with van der Waals surface area (Å²) >= 11 is 0. The van der Waals surface area contributed by atoms with Crippen molar-refractivity contribution in [2.75, 3.05) is 6.54 Å². The Labute approximate surface area is 72.6 Å². The molecule has 0 unspecified atom stereocenters. The summed E-state index contributed by atoms with van der Waals surface area (Å²) in [6, 6.07) is -0.324. The molecule has 1 rings (SSSR count). The third-order valence-electron chi connectivity index (χ3n) is 1.88. The van der Waals surface area contributed by atoms with Crippen LogP contribution in [-0.2, 0) is 4.79 Å². The number of carbonyl (C=O) groups is 1. The van der Waals surface area contributed by atoms with Crippen LogP contribution in [0.2, 0.25) is 0 Å². The number of aliphatic carboxylic acids is 1. The van der Waals surface area contributed by atoms with Gasteiger partial charge < -0.3 is 10.4 Å². The first-order chi connectivity index (χ1) is 4.51. The molecule has 1 saturated heterocycles. The Kier molecular flexibility index (Phi) is 3.32. The molecule has 0 aliphatic carbocycles. The number of hydrogen-bond acceptors (Lipinski definition) is 2. The minimum atomic E-state index is -0.731. The second-order valence-electron chi connectivity index (χ2n) is 3.64. The molecule has 1 heterocycles. The Hall–Kier alpha value is -0.280. The molecule has 4 heteroatoms. The molecule has 1 atom stereocenters. The molecular formula is C7H14ClNO2. The second-order valence-corrected chi connectivity index (χ2v) is 3.64. The summed E-state index contributed by atoms with van der Waals surface area (Å²) in [5.74, 6) is -0.731. The smallest absolute Gasteiger partial charge is 0.320 e. The van der Waals surface area contributed by atoms with Crippen molar-refractivity contribution in [3.05, 3.63) is 0 Å². The molecule has 11 heavy (non-hydrogen) atoms. The monoisotopic (exact) mass is 179 g/mol. The Balaban J connectivity index is 0.000001000. The standard InChI is InChI=1S/C7H13NO2.ClH/c1-7(2)3-5(6(9)10)8-4-7;/h5,8H,3-4H2,1-2H3,(H,9,10);1H/t5-;/m1./s1. The van der Waals surface area contributed by atoms with E-state index in [4.69, 9.17) is 5.11 Å². The average molecular weight is 180 g/mol. The molecule has 0 saturated carbocycles. The average Bonchev–Trinajstić information content (AvgIpc) is 2.10. The zero-order chi connectivity index (χ0) is 7.78. The van der Waals surface area contributed by atoms with Crippen LogP contribution in [0.15, 0.2) is 0 Å². The van der Waals surface area contributed by atoms with Gasteiger partial charge in [0.15, 0.2) is 0 Å². The quantitative estimate of drug-likeness (QED) is 0.629. The molecule has 3 nitrogen and oxygen atoms in total. The minimum Gasteiger partial charge on any atom is -0.480 e. The predicted octanol–water partition coefficient (Wildman–Crippen LogP) is 0.881. The van der Waals surface area contributed by atoms with Crippen molar-refractivity contribution in [3.8, 4) is 0 Å². The van der Waals surface area contributed by atoms with Crippen molar-refractivity contribution in [2.45, 2.75) is 26.3 Å². The lowest BCUT2D eigenvalue weighted by atomic mass is 9.91. The lowest BCUT2D eigenvalue weighted by molar-refractivity contribution is -0.139. The fourth-order valence-corrected chi connectivity index (χ4v) is 1.27. The maximum atomic E-state index is 10.4. The van der Waals surface area contributed by atoms with E-state index in [1.807, 2.05) is 0 Å². The number of hydrogen-bond donors (Lipinski definition) is 2. The van der Waals surface area contributed by atoms with Crippen molar-refractivity contribution in [3.63, 3.8) is 0 Å². The van der Waals surface area contributed by atoms with Gasteiger partial charge >= 0.3 is 5.97 Å². The Morgan fingerprint density at radius 2 is 2.18 bits per heavy atom. The zero-order valence-corrected chi connectivity index (χ0v) is 7.57. The van der Waals surface area contributed by atoms with Crippen molar-refractivity contribution < 1.29 is 9.90 Å². The Bertz CT molecular complexity index is 159. The molecule has 0 aromatic carbocycles. The van der Waals surface area contributed by atoms with Gasteiger partial charge in [0, 0.05) is 6.54 Å².